The summed E-state index contributed by atoms with van der Waals surface area (Å²) >= 11 is 0. The Morgan fingerprint density at radius 3 is 2.12 bits per heavy atom. The van der Waals surface area contributed by atoms with Gasteiger partial charge in [-0.1, -0.05) is 12.2 Å². The molecule has 0 aliphatic rings. The zero-order valence-electron chi connectivity index (χ0n) is 5.52. The molecule has 0 aliphatic carbocycles. The van der Waals surface area contributed by atoms with Crippen molar-refractivity contribution in [2.45, 2.75) is 19.4 Å². The number of nitrogens with two attached hydrogens (primary N) is 2. The van der Waals surface area contributed by atoms with E-state index in [4.69, 9.17) is 11.5 Å². The van der Waals surface area contributed by atoms with Gasteiger partial charge in [0.15, 0.2) is 0 Å². The lowest BCUT2D eigenvalue weighted by Crippen LogP contribution is -2.28. The fourth-order valence-corrected chi connectivity index (χ4v) is 0.372. The SMILES string of the molecule is CC(C)(N)/C=C/CN. The number of rotatable bonds is 2. The maximum absolute atomic E-state index is 5.58. The van der Waals surface area contributed by atoms with Crippen LogP contribution >= 0.6 is 0 Å². The summed E-state index contributed by atoms with van der Waals surface area (Å²) in [5, 5.41) is 0. The van der Waals surface area contributed by atoms with Crippen LogP contribution in [0.4, 0.5) is 0 Å². The lowest BCUT2D eigenvalue weighted by Gasteiger charge is -2.10. The second-order valence-electron chi connectivity index (χ2n) is 2.46. The third-order valence-electron chi connectivity index (χ3n) is 0.683. The van der Waals surface area contributed by atoms with E-state index in [-0.39, 0.29) is 5.54 Å². The molecule has 0 aromatic carbocycles. The second kappa shape index (κ2) is 2.84. The molecule has 0 fully saturated rings. The van der Waals surface area contributed by atoms with Gasteiger partial charge in [-0.25, -0.2) is 0 Å². The van der Waals surface area contributed by atoms with Crippen LogP contribution in [0.25, 0.3) is 0 Å². The van der Waals surface area contributed by atoms with Crippen LogP contribution in [0, 0.1) is 0 Å². The second-order valence-corrected chi connectivity index (χ2v) is 2.46. The predicted octanol–water partition coefficient (Wildman–Crippen LogP) is 0.239. The van der Waals surface area contributed by atoms with E-state index < -0.39 is 0 Å². The first-order valence-electron chi connectivity index (χ1n) is 2.73. The molecule has 4 N–H and O–H groups in total. The van der Waals surface area contributed by atoms with Crippen molar-refractivity contribution in [3.05, 3.63) is 12.2 Å². The molecule has 0 rings (SSSR count). The van der Waals surface area contributed by atoms with Crippen LogP contribution in [-0.4, -0.2) is 12.1 Å². The van der Waals surface area contributed by atoms with Crippen LogP contribution in [0.3, 0.4) is 0 Å². The molecule has 8 heavy (non-hydrogen) atoms. The van der Waals surface area contributed by atoms with Crippen molar-refractivity contribution in [2.24, 2.45) is 11.5 Å². The summed E-state index contributed by atoms with van der Waals surface area (Å²) < 4.78 is 0. The van der Waals surface area contributed by atoms with Crippen LogP contribution in [-0.2, 0) is 0 Å². The molecule has 0 atom stereocenters. The molecule has 0 aliphatic heterocycles. The molecule has 0 saturated heterocycles. The van der Waals surface area contributed by atoms with Gasteiger partial charge in [0, 0.05) is 12.1 Å². The lowest BCUT2D eigenvalue weighted by atomic mass is 10.1. The zero-order chi connectivity index (χ0) is 6.62. The van der Waals surface area contributed by atoms with Crippen molar-refractivity contribution in [3.8, 4) is 0 Å². The van der Waals surface area contributed by atoms with Crippen molar-refractivity contribution in [1.82, 2.24) is 0 Å². The highest BCUT2D eigenvalue weighted by Crippen LogP contribution is 1.96. The molecule has 2 nitrogen and oxygen atoms in total. The molecule has 0 aromatic rings. The molecule has 48 valence electrons. The van der Waals surface area contributed by atoms with Gasteiger partial charge in [0.05, 0.1) is 0 Å². The first-order valence-corrected chi connectivity index (χ1v) is 2.73. The first kappa shape index (κ1) is 7.66. The fourth-order valence-electron chi connectivity index (χ4n) is 0.372. The molecule has 0 amide bonds. The Morgan fingerprint density at radius 2 is 2.00 bits per heavy atom. The smallest absolute Gasteiger partial charge is 0.0282 e. The average molecular weight is 114 g/mol. The number of hydrogen-bond donors (Lipinski definition) is 2. The molecular formula is C6H14N2. The largest absolute Gasteiger partial charge is 0.327 e. The van der Waals surface area contributed by atoms with Gasteiger partial charge in [0.25, 0.3) is 0 Å². The van der Waals surface area contributed by atoms with E-state index in [1.54, 1.807) is 0 Å². The maximum atomic E-state index is 5.58. The van der Waals surface area contributed by atoms with Gasteiger partial charge < -0.3 is 11.5 Å². The average Bonchev–Trinajstić information content (AvgIpc) is 1.59. The third-order valence-corrected chi connectivity index (χ3v) is 0.683. The molecule has 0 heterocycles. The Balaban J connectivity index is 3.52. The minimum absolute atomic E-state index is 0.209. The highest BCUT2D eigenvalue weighted by molar-refractivity contribution is 4.98. The van der Waals surface area contributed by atoms with Crippen molar-refractivity contribution in [2.75, 3.05) is 6.54 Å². The Kier molecular flexibility index (Phi) is 2.72. The molecule has 0 radical (unpaired) electrons. The van der Waals surface area contributed by atoms with Crippen molar-refractivity contribution in [3.63, 3.8) is 0 Å². The molecule has 2 heteroatoms. The highest BCUT2D eigenvalue weighted by Gasteiger charge is 2.01. The van der Waals surface area contributed by atoms with Gasteiger partial charge in [-0.15, -0.1) is 0 Å². The summed E-state index contributed by atoms with van der Waals surface area (Å²) in [5.74, 6) is 0. The minimum Gasteiger partial charge on any atom is -0.327 e. The van der Waals surface area contributed by atoms with Crippen LogP contribution in [0.5, 0.6) is 0 Å². The molecule has 0 bridgehead atoms. The van der Waals surface area contributed by atoms with E-state index in [1.807, 2.05) is 26.0 Å². The molecule has 0 unspecified atom stereocenters. The lowest BCUT2D eigenvalue weighted by molar-refractivity contribution is 0.652. The van der Waals surface area contributed by atoms with E-state index in [0.717, 1.165) is 0 Å². The number of hydrogen-bond acceptors (Lipinski definition) is 2. The summed E-state index contributed by atoms with van der Waals surface area (Å²) in [7, 11) is 0. The summed E-state index contributed by atoms with van der Waals surface area (Å²) in [6.45, 7) is 4.43. The van der Waals surface area contributed by atoms with Crippen LogP contribution < -0.4 is 11.5 Å². The van der Waals surface area contributed by atoms with E-state index in [1.165, 1.54) is 0 Å². The van der Waals surface area contributed by atoms with E-state index >= 15 is 0 Å². The molecule has 0 spiro atoms. The highest BCUT2D eigenvalue weighted by atomic mass is 14.7. The summed E-state index contributed by atoms with van der Waals surface area (Å²) in [6.07, 6.45) is 3.76. The summed E-state index contributed by atoms with van der Waals surface area (Å²) in [6, 6.07) is 0. The van der Waals surface area contributed by atoms with Crippen molar-refractivity contribution >= 4 is 0 Å². The minimum atomic E-state index is -0.209. The Labute approximate surface area is 50.6 Å². The normalized spacial score (nSPS) is 13.0. The van der Waals surface area contributed by atoms with Crippen LogP contribution in [0.2, 0.25) is 0 Å². The molecule has 0 aromatic heterocycles. The van der Waals surface area contributed by atoms with Gasteiger partial charge in [-0.3, -0.25) is 0 Å². The van der Waals surface area contributed by atoms with E-state index in [2.05, 4.69) is 0 Å². The summed E-state index contributed by atoms with van der Waals surface area (Å²) in [4.78, 5) is 0. The zero-order valence-corrected chi connectivity index (χ0v) is 5.52. The standard InChI is InChI=1S/C6H14N2/c1-6(2,8)4-3-5-7/h3-4H,5,7-8H2,1-2H3/b4-3+. The Morgan fingerprint density at radius 1 is 1.50 bits per heavy atom. The predicted molar refractivity (Wildman–Crippen MR) is 36.5 cm³/mol. The fraction of sp³-hybridized carbons (Fsp3) is 0.667. The summed E-state index contributed by atoms with van der Waals surface area (Å²) in [5.41, 5.74) is 10.6. The first-order chi connectivity index (χ1) is 3.56. The van der Waals surface area contributed by atoms with Gasteiger partial charge in [0.1, 0.15) is 0 Å². The third kappa shape index (κ3) is 5.66. The van der Waals surface area contributed by atoms with Gasteiger partial charge in [0.2, 0.25) is 0 Å². The topological polar surface area (TPSA) is 52.0 Å². The van der Waals surface area contributed by atoms with Crippen molar-refractivity contribution < 1.29 is 0 Å². The quantitative estimate of drug-likeness (QED) is 0.505. The van der Waals surface area contributed by atoms with Crippen molar-refractivity contribution in [1.29, 1.82) is 0 Å². The van der Waals surface area contributed by atoms with Gasteiger partial charge in [-0.05, 0) is 13.8 Å². The van der Waals surface area contributed by atoms with Gasteiger partial charge >= 0.3 is 0 Å². The van der Waals surface area contributed by atoms with Crippen LogP contribution in [0.1, 0.15) is 13.8 Å². The van der Waals surface area contributed by atoms with Crippen LogP contribution in [0.15, 0.2) is 12.2 Å². The molecular weight excluding hydrogens is 100 g/mol. The van der Waals surface area contributed by atoms with Gasteiger partial charge in [-0.2, -0.15) is 0 Å². The monoisotopic (exact) mass is 114 g/mol. The van der Waals surface area contributed by atoms with E-state index in [9.17, 15) is 0 Å². The maximum Gasteiger partial charge on any atom is 0.0282 e. The Hall–Kier alpha value is -0.340. The van der Waals surface area contributed by atoms with E-state index in [0.29, 0.717) is 6.54 Å². The molecule has 0 saturated carbocycles. The Bertz CT molecular complexity index is 79.0.